The van der Waals surface area contributed by atoms with Gasteiger partial charge < -0.3 is 5.11 Å². The minimum absolute atomic E-state index is 0.234. The Morgan fingerprint density at radius 3 is 2.00 bits per heavy atom. The predicted octanol–water partition coefficient (Wildman–Crippen LogP) is -1.64. The van der Waals surface area contributed by atoms with Crippen LogP contribution in [0.15, 0.2) is 22.0 Å². The Bertz CT molecular complexity index is 832. The number of amides is 2. The van der Waals surface area contributed by atoms with Crippen LogP contribution in [0.2, 0.25) is 0 Å². The Labute approximate surface area is 108 Å². The molecule has 0 spiro atoms. The molecule has 0 saturated carbocycles. The summed E-state index contributed by atoms with van der Waals surface area (Å²) in [6.07, 6.45) is 2.43. The van der Waals surface area contributed by atoms with Crippen molar-refractivity contribution in [1.82, 2.24) is 19.9 Å². The normalized spacial score (nSPS) is 13.7. The Kier molecular flexibility index (Phi) is 2.26. The first-order valence-corrected chi connectivity index (χ1v) is 5.26. The summed E-state index contributed by atoms with van der Waals surface area (Å²) >= 11 is 0. The number of anilines is 1. The lowest BCUT2D eigenvalue weighted by molar-refractivity contribution is 0.0921. The second kappa shape index (κ2) is 3.85. The van der Waals surface area contributed by atoms with E-state index in [0.717, 1.165) is 0 Å². The molecule has 1 aliphatic rings. The molecule has 2 aromatic rings. The molecule has 0 saturated heterocycles. The first-order valence-electron chi connectivity index (χ1n) is 5.26. The molecule has 3 N–H and O–H groups in total. The van der Waals surface area contributed by atoms with E-state index in [4.69, 9.17) is 0 Å². The van der Waals surface area contributed by atoms with E-state index in [9.17, 15) is 24.3 Å². The maximum atomic E-state index is 12.0. The van der Waals surface area contributed by atoms with Crippen molar-refractivity contribution in [3.63, 3.8) is 0 Å². The van der Waals surface area contributed by atoms with Crippen LogP contribution in [0.5, 0.6) is 5.88 Å². The van der Waals surface area contributed by atoms with Gasteiger partial charge in [0, 0.05) is 12.4 Å². The summed E-state index contributed by atoms with van der Waals surface area (Å²) in [5.41, 5.74) is -3.20. The van der Waals surface area contributed by atoms with Crippen molar-refractivity contribution in [3.8, 4) is 5.88 Å². The van der Waals surface area contributed by atoms with Crippen LogP contribution in [-0.2, 0) is 0 Å². The molecule has 3 heterocycles. The quantitative estimate of drug-likeness (QED) is 0.528. The minimum atomic E-state index is -1.08. The van der Waals surface area contributed by atoms with E-state index < -0.39 is 34.6 Å². The molecular weight excluding hydrogens is 270 g/mol. The fraction of sp³-hybridized carbons (Fsp3) is 0. The minimum Gasteiger partial charge on any atom is -0.493 e. The van der Waals surface area contributed by atoms with Gasteiger partial charge in [0.1, 0.15) is 0 Å². The number of fused-ring (bicyclic) bond motifs is 1. The standard InChI is InChI=1S/C10H5N5O5/c16-6-5(7(17)14-10(20)13-6)15-8(18)3-4(9(15)19)12-2-1-11-3/h1-2H,(H3,13,14,16,17,20). The highest BCUT2D eigenvalue weighted by Gasteiger charge is 2.42. The van der Waals surface area contributed by atoms with E-state index in [-0.39, 0.29) is 11.4 Å². The maximum absolute atomic E-state index is 12.0. The molecule has 0 radical (unpaired) electrons. The average molecular weight is 275 g/mol. The van der Waals surface area contributed by atoms with Crippen molar-refractivity contribution in [2.24, 2.45) is 0 Å². The van der Waals surface area contributed by atoms with Gasteiger partial charge in [-0.1, -0.05) is 0 Å². The number of aromatic nitrogens is 4. The lowest BCUT2D eigenvalue weighted by Gasteiger charge is -2.12. The molecule has 1 aliphatic heterocycles. The molecule has 0 aromatic carbocycles. The highest BCUT2D eigenvalue weighted by molar-refractivity contribution is 6.33. The van der Waals surface area contributed by atoms with Crippen molar-refractivity contribution in [1.29, 1.82) is 0 Å². The molecule has 0 aliphatic carbocycles. The molecule has 0 fully saturated rings. The van der Waals surface area contributed by atoms with Crippen LogP contribution < -0.4 is 16.1 Å². The molecule has 20 heavy (non-hydrogen) atoms. The summed E-state index contributed by atoms with van der Waals surface area (Å²) in [4.78, 5) is 58.2. The first-order chi connectivity index (χ1) is 9.50. The Morgan fingerprint density at radius 1 is 0.950 bits per heavy atom. The molecule has 3 rings (SSSR count). The van der Waals surface area contributed by atoms with E-state index in [0.29, 0.717) is 4.90 Å². The number of imide groups is 1. The van der Waals surface area contributed by atoms with Gasteiger partial charge in [-0.2, -0.15) is 0 Å². The molecule has 10 heteroatoms. The van der Waals surface area contributed by atoms with Gasteiger partial charge >= 0.3 is 5.69 Å². The smallest absolute Gasteiger partial charge is 0.328 e. The molecule has 0 bridgehead atoms. The summed E-state index contributed by atoms with van der Waals surface area (Å²) < 4.78 is 0. The summed E-state index contributed by atoms with van der Waals surface area (Å²) in [5, 5.41) is 9.58. The molecule has 100 valence electrons. The second-order valence-corrected chi connectivity index (χ2v) is 3.80. The highest BCUT2D eigenvalue weighted by atomic mass is 16.3. The fourth-order valence-electron chi connectivity index (χ4n) is 1.83. The lowest BCUT2D eigenvalue weighted by atomic mass is 10.3. The number of carbonyl (C=O) groups is 2. The molecule has 2 amide bonds. The summed E-state index contributed by atoms with van der Waals surface area (Å²) in [6.45, 7) is 0. The summed E-state index contributed by atoms with van der Waals surface area (Å²) in [5.74, 6) is -2.72. The van der Waals surface area contributed by atoms with Crippen molar-refractivity contribution in [2.45, 2.75) is 0 Å². The SMILES string of the molecule is O=C1c2nccnc2C(=O)N1c1c(O)[nH]c(=O)[nH]c1=O. The van der Waals surface area contributed by atoms with E-state index in [1.54, 1.807) is 0 Å². The Hall–Kier alpha value is -3.30. The number of aromatic hydroxyl groups is 1. The zero-order valence-electron chi connectivity index (χ0n) is 9.58. The third kappa shape index (κ3) is 1.44. The Balaban J connectivity index is 2.25. The lowest BCUT2D eigenvalue weighted by Crippen LogP contribution is -2.37. The van der Waals surface area contributed by atoms with E-state index in [1.807, 2.05) is 9.97 Å². The van der Waals surface area contributed by atoms with Crippen molar-refractivity contribution in [2.75, 3.05) is 4.90 Å². The second-order valence-electron chi connectivity index (χ2n) is 3.80. The van der Waals surface area contributed by atoms with Gasteiger partial charge in [0.2, 0.25) is 5.88 Å². The van der Waals surface area contributed by atoms with Gasteiger partial charge in [0.15, 0.2) is 17.1 Å². The van der Waals surface area contributed by atoms with Gasteiger partial charge in [-0.15, -0.1) is 0 Å². The number of nitrogens with zero attached hydrogens (tertiary/aromatic N) is 3. The van der Waals surface area contributed by atoms with Crippen LogP contribution in [0.3, 0.4) is 0 Å². The zero-order chi connectivity index (χ0) is 14.4. The fourth-order valence-corrected chi connectivity index (χ4v) is 1.83. The van der Waals surface area contributed by atoms with Crippen molar-refractivity contribution < 1.29 is 14.7 Å². The number of nitrogens with one attached hydrogen (secondary N) is 2. The summed E-state index contributed by atoms with van der Waals surface area (Å²) in [6, 6.07) is 0. The first kappa shape index (κ1) is 11.8. The topological polar surface area (TPSA) is 149 Å². The van der Waals surface area contributed by atoms with E-state index in [1.165, 1.54) is 12.4 Å². The van der Waals surface area contributed by atoms with Crippen LogP contribution in [0.25, 0.3) is 0 Å². The molecule has 0 unspecified atom stereocenters. The third-order valence-electron chi connectivity index (χ3n) is 2.63. The number of rotatable bonds is 1. The van der Waals surface area contributed by atoms with Crippen molar-refractivity contribution >= 4 is 17.5 Å². The van der Waals surface area contributed by atoms with E-state index in [2.05, 4.69) is 9.97 Å². The van der Waals surface area contributed by atoms with Gasteiger partial charge in [-0.3, -0.25) is 24.4 Å². The van der Waals surface area contributed by atoms with Crippen molar-refractivity contribution in [3.05, 3.63) is 44.6 Å². The molecule has 0 atom stereocenters. The van der Waals surface area contributed by atoms with Crippen LogP contribution >= 0.6 is 0 Å². The maximum Gasteiger partial charge on any atom is 0.328 e. The number of H-pyrrole nitrogens is 2. The predicted molar refractivity (Wildman–Crippen MR) is 62.5 cm³/mol. The monoisotopic (exact) mass is 275 g/mol. The molecule has 2 aromatic heterocycles. The van der Waals surface area contributed by atoms with E-state index >= 15 is 0 Å². The van der Waals surface area contributed by atoms with Gasteiger partial charge in [0.25, 0.3) is 17.4 Å². The van der Waals surface area contributed by atoms with Gasteiger partial charge in [-0.05, 0) is 0 Å². The number of aromatic amines is 2. The third-order valence-corrected chi connectivity index (χ3v) is 2.63. The van der Waals surface area contributed by atoms with Crippen LogP contribution in [0.1, 0.15) is 21.0 Å². The zero-order valence-corrected chi connectivity index (χ0v) is 9.58. The molecular formula is C10H5N5O5. The van der Waals surface area contributed by atoms with Crippen LogP contribution in [-0.4, -0.2) is 36.9 Å². The molecule has 10 nitrogen and oxygen atoms in total. The number of hydrogen-bond acceptors (Lipinski definition) is 7. The Morgan fingerprint density at radius 2 is 1.50 bits per heavy atom. The van der Waals surface area contributed by atoms with Gasteiger partial charge in [-0.25, -0.2) is 19.7 Å². The average Bonchev–Trinajstić information content (AvgIpc) is 2.64. The van der Waals surface area contributed by atoms with Crippen LogP contribution in [0.4, 0.5) is 5.69 Å². The summed E-state index contributed by atoms with van der Waals surface area (Å²) in [7, 11) is 0. The van der Waals surface area contributed by atoms with Gasteiger partial charge in [0.05, 0.1) is 0 Å². The highest BCUT2D eigenvalue weighted by Crippen LogP contribution is 2.27. The number of hydrogen-bond donors (Lipinski definition) is 3. The van der Waals surface area contributed by atoms with Crippen LogP contribution in [0, 0.1) is 0 Å². The number of carbonyl (C=O) groups excluding carboxylic acids is 2. The largest absolute Gasteiger partial charge is 0.493 e.